The number of fused-ring (bicyclic) bond motifs is 1. The first kappa shape index (κ1) is 22.3. The third-order valence-corrected chi connectivity index (χ3v) is 8.73. The van der Waals surface area contributed by atoms with Gasteiger partial charge in [-0.15, -0.1) is 0 Å². The first-order chi connectivity index (χ1) is 14.9. The number of benzene rings is 2. The number of amides is 1. The molecule has 4 rings (SSSR count). The van der Waals surface area contributed by atoms with Crippen molar-refractivity contribution in [2.75, 3.05) is 13.1 Å². The van der Waals surface area contributed by atoms with Crippen LogP contribution in [0.4, 0.5) is 0 Å². The molecule has 1 heterocycles. The lowest BCUT2D eigenvalue weighted by Gasteiger charge is -2.21. The molecule has 1 aliphatic carbocycles. The van der Waals surface area contributed by atoms with Crippen molar-refractivity contribution < 1.29 is 13.2 Å². The summed E-state index contributed by atoms with van der Waals surface area (Å²) in [7, 11) is -3.74. The molecule has 1 fully saturated rings. The number of carbonyl (C=O) groups is 1. The van der Waals surface area contributed by atoms with Crippen LogP contribution in [0.15, 0.2) is 41.3 Å². The third-order valence-electron chi connectivity index (χ3n) is 6.35. The summed E-state index contributed by atoms with van der Waals surface area (Å²) in [5, 5.41) is 3.15. The minimum absolute atomic E-state index is 0.00824. The topological polar surface area (TPSA) is 66.5 Å². The largest absolute Gasteiger partial charge is 0.346 e. The highest BCUT2D eigenvalue weighted by Gasteiger charge is 2.28. The van der Waals surface area contributed by atoms with Crippen LogP contribution < -0.4 is 5.32 Å². The number of hydrogen-bond donors (Lipinski definition) is 1. The highest BCUT2D eigenvalue weighted by atomic mass is 35.5. The molecule has 0 unspecified atom stereocenters. The van der Waals surface area contributed by atoms with Crippen LogP contribution in [0.3, 0.4) is 0 Å². The normalized spacial score (nSPS) is 18.3. The van der Waals surface area contributed by atoms with Gasteiger partial charge in [0, 0.05) is 18.7 Å². The van der Waals surface area contributed by atoms with Crippen LogP contribution in [0.5, 0.6) is 0 Å². The minimum Gasteiger partial charge on any atom is -0.346 e. The summed E-state index contributed by atoms with van der Waals surface area (Å²) in [6.45, 7) is 2.92. The average molecular weight is 461 g/mol. The minimum atomic E-state index is -3.74. The number of carbonyl (C=O) groups excluding carboxylic acids is 1. The molecule has 0 bridgehead atoms. The summed E-state index contributed by atoms with van der Waals surface area (Å²) in [5.74, 6) is -0.308. The fourth-order valence-electron chi connectivity index (χ4n) is 4.49. The van der Waals surface area contributed by atoms with Crippen molar-refractivity contribution in [1.29, 1.82) is 0 Å². The Morgan fingerprint density at radius 2 is 1.68 bits per heavy atom. The van der Waals surface area contributed by atoms with Crippen molar-refractivity contribution in [3.8, 4) is 0 Å². The lowest BCUT2D eigenvalue weighted by molar-refractivity contribution is 0.0939. The zero-order valence-electron chi connectivity index (χ0n) is 17.9. The lowest BCUT2D eigenvalue weighted by Crippen LogP contribution is -2.32. The first-order valence-corrected chi connectivity index (χ1v) is 12.9. The van der Waals surface area contributed by atoms with Crippen LogP contribution >= 0.6 is 11.6 Å². The van der Waals surface area contributed by atoms with E-state index in [9.17, 15) is 13.2 Å². The number of rotatable bonds is 5. The molecular formula is C24H29ClN2O3S. The van der Waals surface area contributed by atoms with E-state index < -0.39 is 10.0 Å². The SMILES string of the molecule is C[C@@H](NC(=O)c1ccc(Cl)c(S(=O)(=O)N2CCCCCC2)c1)c1ccc2c(c1)CCC2. The molecule has 2 aromatic rings. The number of nitrogens with one attached hydrogen (secondary N) is 1. The summed E-state index contributed by atoms with van der Waals surface area (Å²) in [6.07, 6.45) is 7.13. The van der Waals surface area contributed by atoms with E-state index in [-0.39, 0.29) is 21.9 Å². The van der Waals surface area contributed by atoms with Gasteiger partial charge in [0.05, 0.1) is 11.1 Å². The molecule has 0 saturated carbocycles. The van der Waals surface area contributed by atoms with Gasteiger partial charge < -0.3 is 5.32 Å². The molecule has 5 nitrogen and oxygen atoms in total. The van der Waals surface area contributed by atoms with Crippen LogP contribution in [-0.2, 0) is 22.9 Å². The third kappa shape index (κ3) is 4.81. The smallest absolute Gasteiger partial charge is 0.251 e. The van der Waals surface area contributed by atoms with Crippen molar-refractivity contribution in [2.24, 2.45) is 0 Å². The van der Waals surface area contributed by atoms with Gasteiger partial charge in [0.2, 0.25) is 10.0 Å². The van der Waals surface area contributed by atoms with Gasteiger partial charge in [-0.05, 0) is 73.9 Å². The van der Waals surface area contributed by atoms with Gasteiger partial charge in [0.25, 0.3) is 5.91 Å². The first-order valence-electron chi connectivity index (χ1n) is 11.1. The zero-order valence-corrected chi connectivity index (χ0v) is 19.4. The Kier molecular flexibility index (Phi) is 6.70. The van der Waals surface area contributed by atoms with E-state index >= 15 is 0 Å². The molecule has 31 heavy (non-hydrogen) atoms. The molecule has 2 aromatic carbocycles. The molecule has 1 aliphatic heterocycles. The Balaban J connectivity index is 1.54. The van der Waals surface area contributed by atoms with Gasteiger partial charge in [0.1, 0.15) is 4.90 Å². The molecule has 1 N–H and O–H groups in total. The molecule has 2 aliphatic rings. The molecule has 0 radical (unpaired) electrons. The van der Waals surface area contributed by atoms with Gasteiger partial charge >= 0.3 is 0 Å². The summed E-state index contributed by atoms with van der Waals surface area (Å²) in [4.78, 5) is 12.9. The maximum Gasteiger partial charge on any atom is 0.251 e. The number of aryl methyl sites for hydroxylation is 2. The van der Waals surface area contributed by atoms with Crippen LogP contribution in [0, 0.1) is 0 Å². The van der Waals surface area contributed by atoms with Gasteiger partial charge in [-0.3, -0.25) is 4.79 Å². The van der Waals surface area contributed by atoms with Crippen molar-refractivity contribution in [3.05, 3.63) is 63.7 Å². The fraction of sp³-hybridized carbons (Fsp3) is 0.458. The van der Waals surface area contributed by atoms with E-state index in [0.29, 0.717) is 18.7 Å². The van der Waals surface area contributed by atoms with Crippen molar-refractivity contribution in [3.63, 3.8) is 0 Å². The Morgan fingerprint density at radius 1 is 0.968 bits per heavy atom. The lowest BCUT2D eigenvalue weighted by atomic mass is 10.0. The monoisotopic (exact) mass is 460 g/mol. The second-order valence-corrected chi connectivity index (χ2v) is 10.9. The van der Waals surface area contributed by atoms with E-state index in [4.69, 9.17) is 11.6 Å². The Hall–Kier alpha value is -1.89. The Bertz CT molecular complexity index is 1080. The molecule has 166 valence electrons. The van der Waals surface area contributed by atoms with Crippen LogP contribution in [0.2, 0.25) is 5.02 Å². The predicted molar refractivity (Wildman–Crippen MR) is 123 cm³/mol. The van der Waals surface area contributed by atoms with Gasteiger partial charge in [-0.1, -0.05) is 42.6 Å². The summed E-state index contributed by atoms with van der Waals surface area (Å²) < 4.78 is 27.9. The summed E-state index contributed by atoms with van der Waals surface area (Å²) >= 11 is 6.26. The molecule has 0 aromatic heterocycles. The van der Waals surface area contributed by atoms with E-state index in [0.717, 1.165) is 44.1 Å². The summed E-state index contributed by atoms with van der Waals surface area (Å²) in [6, 6.07) is 10.7. The van der Waals surface area contributed by atoms with E-state index in [1.54, 1.807) is 6.07 Å². The molecular weight excluding hydrogens is 432 g/mol. The molecule has 1 atom stereocenters. The van der Waals surface area contributed by atoms with E-state index in [1.807, 2.05) is 6.92 Å². The van der Waals surface area contributed by atoms with Crippen molar-refractivity contribution in [1.82, 2.24) is 9.62 Å². The number of nitrogens with zero attached hydrogens (tertiary/aromatic N) is 1. The standard InChI is InChI=1S/C24H29ClN2O3S/c1-17(19-10-9-18-7-6-8-20(18)15-19)26-24(28)21-11-12-22(25)23(16-21)31(29,30)27-13-4-2-3-5-14-27/h9-12,15-17H,2-8,13-14H2,1H3,(H,26,28)/t17-/m1/s1. The molecule has 1 saturated heterocycles. The fourth-order valence-corrected chi connectivity index (χ4v) is 6.51. The predicted octanol–water partition coefficient (Wildman–Crippen LogP) is 4.88. The average Bonchev–Trinajstić information content (AvgIpc) is 3.04. The van der Waals surface area contributed by atoms with Gasteiger partial charge in [-0.2, -0.15) is 4.31 Å². The van der Waals surface area contributed by atoms with E-state index in [2.05, 4.69) is 23.5 Å². The van der Waals surface area contributed by atoms with Crippen LogP contribution in [0.1, 0.15) is 72.1 Å². The number of hydrogen-bond acceptors (Lipinski definition) is 3. The second kappa shape index (κ2) is 9.31. The maximum atomic E-state index is 13.2. The quantitative estimate of drug-likeness (QED) is 0.691. The van der Waals surface area contributed by atoms with Crippen molar-refractivity contribution in [2.45, 2.75) is 62.8 Å². The van der Waals surface area contributed by atoms with Gasteiger partial charge in [-0.25, -0.2) is 8.42 Å². The molecule has 0 spiro atoms. The maximum absolute atomic E-state index is 13.2. The summed E-state index contributed by atoms with van der Waals surface area (Å²) in [5.41, 5.74) is 4.10. The Labute approximate surface area is 189 Å². The number of sulfonamides is 1. The molecule has 7 heteroatoms. The number of halogens is 1. The zero-order chi connectivity index (χ0) is 22.0. The van der Waals surface area contributed by atoms with Gasteiger partial charge in [0.15, 0.2) is 0 Å². The van der Waals surface area contributed by atoms with E-state index in [1.165, 1.54) is 34.0 Å². The highest BCUT2D eigenvalue weighted by Crippen LogP contribution is 2.29. The van der Waals surface area contributed by atoms with Crippen LogP contribution in [0.25, 0.3) is 0 Å². The van der Waals surface area contributed by atoms with Crippen molar-refractivity contribution >= 4 is 27.5 Å². The Morgan fingerprint density at radius 3 is 2.42 bits per heavy atom. The highest BCUT2D eigenvalue weighted by molar-refractivity contribution is 7.89. The molecule has 1 amide bonds. The second-order valence-electron chi connectivity index (χ2n) is 8.54. The van der Waals surface area contributed by atoms with Crippen LogP contribution in [-0.4, -0.2) is 31.7 Å².